The van der Waals surface area contributed by atoms with Crippen molar-refractivity contribution in [2.24, 2.45) is 5.92 Å². The van der Waals surface area contributed by atoms with E-state index in [2.05, 4.69) is 13.8 Å². The molecule has 0 spiro atoms. The molecule has 7 nitrogen and oxygen atoms in total. The number of halogens is 1. The summed E-state index contributed by atoms with van der Waals surface area (Å²) in [4.78, 5) is 13.8. The third-order valence-electron chi connectivity index (χ3n) is 7.96. The first-order chi connectivity index (χ1) is 18.9. The number of aromatic hydroxyl groups is 1. The van der Waals surface area contributed by atoms with Crippen molar-refractivity contribution in [3.05, 3.63) is 58.2 Å². The number of hydrogen-bond donors (Lipinski definition) is 2. The molecule has 0 amide bonds. The SMILES string of the molecule is C/C=C\Cc1c2c(c(O)c3c1OC/C(=C\C(CC1C[C@@H](C/C=C(\C)CO)OC1(C)C)I=O)C3=O)C=CC(C)(C)O2. The van der Waals surface area contributed by atoms with Crippen LogP contribution in [0.2, 0.25) is 0 Å². The van der Waals surface area contributed by atoms with Crippen LogP contribution >= 0.6 is 21.2 Å². The Morgan fingerprint density at radius 1 is 1.25 bits per heavy atom. The van der Waals surface area contributed by atoms with Crippen LogP contribution < -0.4 is 9.47 Å². The zero-order valence-electron chi connectivity index (χ0n) is 24.3. The molecule has 3 aliphatic heterocycles. The average molecular weight is 665 g/mol. The summed E-state index contributed by atoms with van der Waals surface area (Å²) in [6.45, 7) is 11.9. The lowest BCUT2D eigenvalue weighted by Crippen LogP contribution is -2.30. The van der Waals surface area contributed by atoms with Gasteiger partial charge in [0.05, 0.1) is 27.8 Å². The summed E-state index contributed by atoms with van der Waals surface area (Å²) in [7, 11) is 0. The van der Waals surface area contributed by atoms with E-state index in [9.17, 15) is 18.1 Å². The molecule has 3 atom stereocenters. The maximum absolute atomic E-state index is 13.8. The summed E-state index contributed by atoms with van der Waals surface area (Å²) in [6.07, 6.45) is 14.1. The molecular weight excluding hydrogens is 623 g/mol. The second kappa shape index (κ2) is 12.3. The summed E-state index contributed by atoms with van der Waals surface area (Å²) in [6, 6.07) is 0. The van der Waals surface area contributed by atoms with E-state index in [1.165, 1.54) is 0 Å². The normalized spacial score (nSPS) is 25.0. The lowest BCUT2D eigenvalue weighted by atomic mass is 9.85. The molecule has 40 heavy (non-hydrogen) atoms. The van der Waals surface area contributed by atoms with E-state index in [4.69, 9.17) is 14.2 Å². The average Bonchev–Trinajstić information content (AvgIpc) is 3.19. The van der Waals surface area contributed by atoms with Crippen molar-refractivity contribution in [1.82, 2.24) is 0 Å². The van der Waals surface area contributed by atoms with Gasteiger partial charge in [-0.25, -0.2) is 0 Å². The fourth-order valence-corrected chi connectivity index (χ4v) is 7.03. The molecule has 3 heterocycles. The summed E-state index contributed by atoms with van der Waals surface area (Å²) in [5.41, 5.74) is 1.74. The van der Waals surface area contributed by atoms with E-state index in [0.29, 0.717) is 35.5 Å². The Bertz CT molecular complexity index is 1280. The third kappa shape index (κ3) is 6.44. The van der Waals surface area contributed by atoms with Crippen molar-refractivity contribution >= 4 is 33.1 Å². The van der Waals surface area contributed by atoms with Crippen molar-refractivity contribution in [3.63, 3.8) is 0 Å². The van der Waals surface area contributed by atoms with Gasteiger partial charge in [0, 0.05) is 11.1 Å². The Morgan fingerprint density at radius 2 is 2.00 bits per heavy atom. The zero-order chi connectivity index (χ0) is 29.2. The number of carbonyl (C=O) groups excluding carboxylic acids is 1. The van der Waals surface area contributed by atoms with E-state index in [1.54, 1.807) is 12.2 Å². The molecule has 1 saturated heterocycles. The molecule has 8 heteroatoms. The van der Waals surface area contributed by atoms with Crippen molar-refractivity contribution in [1.29, 1.82) is 0 Å². The number of Topliss-reactive ketones (excluding diaryl/α,β-unsaturated/α-hetero) is 1. The highest BCUT2D eigenvalue weighted by Crippen LogP contribution is 2.50. The number of aliphatic hydroxyl groups excluding tert-OH is 1. The van der Waals surface area contributed by atoms with Crippen LogP contribution in [-0.2, 0) is 14.2 Å². The molecule has 2 unspecified atom stereocenters. The van der Waals surface area contributed by atoms with Crippen molar-refractivity contribution in [2.75, 3.05) is 13.2 Å². The first-order valence-electron chi connectivity index (χ1n) is 13.9. The highest BCUT2D eigenvalue weighted by atomic mass is 127. The van der Waals surface area contributed by atoms with E-state index >= 15 is 0 Å². The number of benzene rings is 1. The third-order valence-corrected chi connectivity index (χ3v) is 9.48. The number of rotatable bonds is 9. The van der Waals surface area contributed by atoms with Gasteiger partial charge < -0.3 is 24.4 Å². The second-order valence-corrected chi connectivity index (χ2v) is 14.1. The largest absolute Gasteiger partial charge is 0.506 e. The summed E-state index contributed by atoms with van der Waals surface area (Å²) in [5, 5.41) is 20.5. The number of hydrogen-bond acceptors (Lipinski definition) is 7. The predicted molar refractivity (Wildman–Crippen MR) is 164 cm³/mol. The van der Waals surface area contributed by atoms with Gasteiger partial charge in [-0.1, -0.05) is 29.9 Å². The summed E-state index contributed by atoms with van der Waals surface area (Å²) < 4.78 is 30.9. The summed E-state index contributed by atoms with van der Waals surface area (Å²) >= 11 is -1.45. The van der Waals surface area contributed by atoms with E-state index < -0.39 is 26.8 Å². The van der Waals surface area contributed by atoms with Crippen LogP contribution in [0.1, 0.15) is 82.3 Å². The Labute approximate surface area is 247 Å². The van der Waals surface area contributed by atoms with E-state index in [0.717, 1.165) is 24.0 Å². The van der Waals surface area contributed by atoms with E-state index in [-0.39, 0.29) is 51.9 Å². The van der Waals surface area contributed by atoms with Gasteiger partial charge in [-0.15, -0.1) is 0 Å². The van der Waals surface area contributed by atoms with E-state index in [1.807, 2.05) is 52.0 Å². The van der Waals surface area contributed by atoms with Crippen LogP contribution in [0.15, 0.2) is 41.5 Å². The quantitative estimate of drug-likeness (QED) is 0.130. The number of aliphatic hydroxyl groups is 1. The molecule has 4 rings (SSSR count). The molecule has 0 bridgehead atoms. The monoisotopic (exact) mass is 664 g/mol. The molecule has 2 N–H and O–H groups in total. The van der Waals surface area contributed by atoms with Gasteiger partial charge >= 0.3 is 0 Å². The lowest BCUT2D eigenvalue weighted by Gasteiger charge is -2.33. The number of ketones is 1. The second-order valence-electron chi connectivity index (χ2n) is 12.0. The van der Waals surface area contributed by atoms with Crippen LogP contribution in [-0.4, -0.2) is 50.4 Å². The van der Waals surface area contributed by atoms with Crippen LogP contribution in [0.4, 0.5) is 0 Å². The minimum atomic E-state index is -1.45. The van der Waals surface area contributed by atoms with Crippen LogP contribution in [0.25, 0.3) is 6.08 Å². The van der Waals surface area contributed by atoms with Gasteiger partial charge in [-0.3, -0.25) is 7.86 Å². The van der Waals surface area contributed by atoms with Crippen molar-refractivity contribution < 1.29 is 32.3 Å². The number of alkyl halides is 1. The Morgan fingerprint density at radius 3 is 2.67 bits per heavy atom. The van der Waals surface area contributed by atoms with Crippen LogP contribution in [0.5, 0.6) is 17.2 Å². The summed E-state index contributed by atoms with van der Waals surface area (Å²) in [5.74, 6) is 0.613. The maximum Gasteiger partial charge on any atom is 0.199 e. The number of carbonyl (C=O) groups is 1. The van der Waals surface area contributed by atoms with Gasteiger partial charge in [-0.2, -0.15) is 0 Å². The van der Waals surface area contributed by atoms with Gasteiger partial charge in [0.1, 0.15) is 35.0 Å². The van der Waals surface area contributed by atoms with Crippen LogP contribution in [0.3, 0.4) is 0 Å². The minimum absolute atomic E-state index is 0.0325. The molecule has 0 saturated carbocycles. The van der Waals surface area contributed by atoms with Crippen molar-refractivity contribution in [2.45, 2.75) is 88.5 Å². The molecule has 1 aromatic rings. The number of phenolic OH excluding ortho intramolecular Hbond substituents is 1. The highest BCUT2D eigenvalue weighted by molar-refractivity contribution is 14.1. The molecular formula is C32H41IO7. The fraction of sp³-hybridized carbons (Fsp3) is 0.531. The molecule has 0 aromatic heterocycles. The Balaban J connectivity index is 1.61. The molecule has 0 radical (unpaired) electrons. The zero-order valence-corrected chi connectivity index (χ0v) is 26.4. The molecule has 218 valence electrons. The first kappa shape index (κ1) is 30.7. The molecule has 1 fully saturated rings. The van der Waals surface area contributed by atoms with Gasteiger partial charge in [-0.05, 0) is 85.3 Å². The number of fused-ring (bicyclic) bond motifs is 2. The first-order valence-corrected chi connectivity index (χ1v) is 16.0. The standard InChI is InChI=1S/C32H41IO7/c1-7-8-9-25-29-24(12-13-31(3,4)40-29)28(36)26-27(35)20(18-38-30(25)26)14-22(33-37)15-21-16-23(39-32(21,5)6)11-10-19(2)17-34/h7-8,10,12-14,21-23,34,36H,9,11,15-18H2,1-6H3/b8-7-,19-10+,20-14+/t21?,22?,23-/m1/s1. The predicted octanol–water partition coefficient (Wildman–Crippen LogP) is 6.78. The smallest absolute Gasteiger partial charge is 0.199 e. The number of ether oxygens (including phenoxy) is 3. The molecule has 0 aliphatic carbocycles. The number of phenols is 1. The van der Waals surface area contributed by atoms with Crippen molar-refractivity contribution in [3.8, 4) is 17.2 Å². The minimum Gasteiger partial charge on any atom is -0.506 e. The number of allylic oxidation sites excluding steroid dienone is 3. The highest BCUT2D eigenvalue weighted by Gasteiger charge is 2.42. The van der Waals surface area contributed by atoms with Gasteiger partial charge in [0.15, 0.2) is 27.0 Å². The fourth-order valence-electron chi connectivity index (χ4n) is 5.63. The Hall–Kier alpha value is -2.30. The lowest BCUT2D eigenvalue weighted by molar-refractivity contribution is -0.0307. The van der Waals surface area contributed by atoms with Gasteiger partial charge in [0.25, 0.3) is 0 Å². The Kier molecular flexibility index (Phi) is 9.42. The maximum atomic E-state index is 13.8. The molecule has 3 aliphatic rings. The van der Waals surface area contributed by atoms with Gasteiger partial charge in [0.2, 0.25) is 0 Å². The van der Waals surface area contributed by atoms with Crippen LogP contribution in [0, 0.1) is 5.92 Å². The topological polar surface area (TPSA) is 102 Å². The molecule has 1 aromatic carbocycles.